The van der Waals surface area contributed by atoms with Crippen LogP contribution in [0.4, 0.5) is 11.4 Å². The summed E-state index contributed by atoms with van der Waals surface area (Å²) in [5.41, 5.74) is 3.26. The van der Waals surface area contributed by atoms with Crippen LogP contribution in [0.25, 0.3) is 5.69 Å². The minimum Gasteiger partial charge on any atom is -0.497 e. The van der Waals surface area contributed by atoms with Crippen LogP contribution in [-0.4, -0.2) is 53.9 Å². The van der Waals surface area contributed by atoms with E-state index >= 15 is 0 Å². The number of methoxy groups -OCH3 is 1. The summed E-state index contributed by atoms with van der Waals surface area (Å²) in [6.45, 7) is 4.65. The van der Waals surface area contributed by atoms with Gasteiger partial charge in [-0.15, -0.1) is 0 Å². The quantitative estimate of drug-likeness (QED) is 0.470. The fourth-order valence-electron chi connectivity index (χ4n) is 4.84. The Labute approximate surface area is 215 Å². The smallest absolute Gasteiger partial charge is 0.359 e. The van der Waals surface area contributed by atoms with Crippen molar-refractivity contribution in [2.45, 2.75) is 45.6 Å². The van der Waals surface area contributed by atoms with E-state index in [2.05, 4.69) is 5.10 Å². The van der Waals surface area contributed by atoms with Crippen LogP contribution in [-0.2, 0) is 16.0 Å². The molecule has 9 heteroatoms. The molecule has 1 aromatic heterocycles. The van der Waals surface area contributed by atoms with Gasteiger partial charge in [0.15, 0.2) is 5.69 Å². The number of ether oxygens (including phenoxy) is 2. The monoisotopic (exact) mass is 502 g/mol. The van der Waals surface area contributed by atoms with Gasteiger partial charge in [-0.1, -0.05) is 0 Å². The Morgan fingerprint density at radius 2 is 1.51 bits per heavy atom. The van der Waals surface area contributed by atoms with Crippen molar-refractivity contribution in [2.24, 2.45) is 0 Å². The summed E-state index contributed by atoms with van der Waals surface area (Å²) in [7, 11) is 1.58. The maximum Gasteiger partial charge on any atom is 0.359 e. The molecular formula is C28H30N4O5. The normalized spacial score (nSPS) is 15.7. The van der Waals surface area contributed by atoms with Crippen LogP contribution in [0, 0.1) is 0 Å². The number of aromatic nitrogens is 2. The van der Waals surface area contributed by atoms with Crippen molar-refractivity contribution in [2.75, 3.05) is 30.0 Å². The summed E-state index contributed by atoms with van der Waals surface area (Å²) in [4.78, 5) is 42.5. The second-order valence-electron chi connectivity index (χ2n) is 9.47. The lowest BCUT2D eigenvalue weighted by Gasteiger charge is -2.29. The van der Waals surface area contributed by atoms with Gasteiger partial charge in [0.1, 0.15) is 11.4 Å². The molecule has 2 aliphatic heterocycles. The summed E-state index contributed by atoms with van der Waals surface area (Å²) in [5, 5.41) is 4.54. The second-order valence-corrected chi connectivity index (χ2v) is 9.47. The van der Waals surface area contributed by atoms with Gasteiger partial charge in [0, 0.05) is 36.4 Å². The first-order valence-electron chi connectivity index (χ1n) is 12.6. The fourth-order valence-corrected chi connectivity index (χ4v) is 4.84. The van der Waals surface area contributed by atoms with Crippen LogP contribution in [0.15, 0.2) is 48.5 Å². The lowest BCUT2D eigenvalue weighted by Crippen LogP contribution is -2.39. The number of hydrogen-bond acceptors (Lipinski definition) is 6. The molecule has 3 aromatic rings. The van der Waals surface area contributed by atoms with E-state index < -0.39 is 5.97 Å². The zero-order chi connectivity index (χ0) is 26.1. The van der Waals surface area contributed by atoms with Crippen LogP contribution >= 0.6 is 0 Å². The predicted octanol–water partition coefficient (Wildman–Crippen LogP) is 4.17. The third-order valence-electron chi connectivity index (χ3n) is 6.67. The van der Waals surface area contributed by atoms with Gasteiger partial charge < -0.3 is 19.3 Å². The minimum atomic E-state index is -0.546. The Kier molecular flexibility index (Phi) is 6.69. The van der Waals surface area contributed by atoms with Crippen LogP contribution in [0.1, 0.15) is 59.7 Å². The van der Waals surface area contributed by atoms with Crippen molar-refractivity contribution in [3.63, 3.8) is 0 Å². The van der Waals surface area contributed by atoms with Crippen molar-refractivity contribution in [1.29, 1.82) is 0 Å². The molecule has 0 saturated carbocycles. The zero-order valence-corrected chi connectivity index (χ0v) is 21.3. The standard InChI is InChI=1S/C28H30N4O5/c1-18(2)37-28(35)25-23-15-17-31(20-9-7-19(8-10-20)30-16-5-4-6-24(30)33)27(34)26(23)32(29-25)21-11-13-22(36-3)14-12-21/h7-14,18H,4-6,15-17H2,1-3H3. The molecule has 0 atom stereocenters. The molecule has 2 aliphatic rings. The van der Waals surface area contributed by atoms with E-state index in [-0.39, 0.29) is 23.6 Å². The Bertz CT molecular complexity index is 1330. The summed E-state index contributed by atoms with van der Waals surface area (Å²) < 4.78 is 12.2. The number of amides is 2. The highest BCUT2D eigenvalue weighted by molar-refractivity contribution is 6.09. The van der Waals surface area contributed by atoms with Gasteiger partial charge in [0.05, 0.1) is 18.9 Å². The highest BCUT2D eigenvalue weighted by Gasteiger charge is 2.36. The molecule has 9 nitrogen and oxygen atoms in total. The number of piperidine rings is 1. The average Bonchev–Trinajstić information content (AvgIpc) is 3.30. The topological polar surface area (TPSA) is 94.0 Å². The summed E-state index contributed by atoms with van der Waals surface area (Å²) in [6, 6.07) is 14.6. The summed E-state index contributed by atoms with van der Waals surface area (Å²) in [6.07, 6.45) is 2.61. The number of hydrogen-bond donors (Lipinski definition) is 0. The van der Waals surface area contributed by atoms with Gasteiger partial charge in [-0.3, -0.25) is 9.59 Å². The van der Waals surface area contributed by atoms with Gasteiger partial charge >= 0.3 is 5.97 Å². The molecule has 2 aromatic carbocycles. The Morgan fingerprint density at radius 1 is 0.865 bits per heavy atom. The van der Waals surface area contributed by atoms with Gasteiger partial charge in [-0.05, 0) is 81.6 Å². The molecule has 37 heavy (non-hydrogen) atoms. The number of carbonyl (C=O) groups is 3. The van der Waals surface area contributed by atoms with Crippen molar-refractivity contribution >= 4 is 29.2 Å². The first-order valence-corrected chi connectivity index (χ1v) is 12.6. The van der Waals surface area contributed by atoms with Gasteiger partial charge in [0.25, 0.3) is 5.91 Å². The summed E-state index contributed by atoms with van der Waals surface area (Å²) >= 11 is 0. The molecule has 1 fully saturated rings. The fraction of sp³-hybridized carbons (Fsp3) is 0.357. The third kappa shape index (κ3) is 4.69. The number of carbonyl (C=O) groups excluding carboxylic acids is 3. The maximum atomic E-state index is 13.9. The molecule has 1 saturated heterocycles. The van der Waals surface area contributed by atoms with Crippen molar-refractivity contribution in [3.8, 4) is 11.4 Å². The molecule has 0 bridgehead atoms. The Hall–Kier alpha value is -4.14. The SMILES string of the molecule is COc1ccc(-n2nc(C(=O)OC(C)C)c3c2C(=O)N(c2ccc(N4CCCCC4=O)cc2)CC3)cc1. The van der Waals surface area contributed by atoms with E-state index in [4.69, 9.17) is 9.47 Å². The molecule has 5 rings (SSSR count). The van der Waals surface area contributed by atoms with Crippen molar-refractivity contribution < 1.29 is 23.9 Å². The van der Waals surface area contributed by atoms with Gasteiger partial charge in [0.2, 0.25) is 5.91 Å². The second kappa shape index (κ2) is 10.1. The lowest BCUT2D eigenvalue weighted by atomic mass is 10.0. The van der Waals surface area contributed by atoms with Gasteiger partial charge in [-0.25, -0.2) is 9.48 Å². The highest BCUT2D eigenvalue weighted by atomic mass is 16.5. The number of anilines is 2. The molecule has 2 amide bonds. The minimum absolute atomic E-state index is 0.127. The van der Waals surface area contributed by atoms with E-state index in [9.17, 15) is 14.4 Å². The predicted molar refractivity (Wildman–Crippen MR) is 139 cm³/mol. The van der Waals surface area contributed by atoms with Crippen LogP contribution < -0.4 is 14.5 Å². The van der Waals surface area contributed by atoms with Crippen molar-refractivity contribution in [1.82, 2.24) is 9.78 Å². The number of rotatable bonds is 6. The van der Waals surface area contributed by atoms with Gasteiger partial charge in [-0.2, -0.15) is 5.10 Å². The Morgan fingerprint density at radius 3 is 2.14 bits per heavy atom. The molecule has 192 valence electrons. The molecule has 0 unspecified atom stereocenters. The molecule has 0 radical (unpaired) electrons. The highest BCUT2D eigenvalue weighted by Crippen LogP contribution is 2.31. The molecule has 0 spiro atoms. The van der Waals surface area contributed by atoms with Crippen LogP contribution in [0.5, 0.6) is 5.75 Å². The van der Waals surface area contributed by atoms with E-state index in [0.29, 0.717) is 48.6 Å². The maximum absolute atomic E-state index is 13.9. The number of fused-ring (bicyclic) bond motifs is 1. The van der Waals surface area contributed by atoms with E-state index in [0.717, 1.165) is 24.2 Å². The van der Waals surface area contributed by atoms with Crippen LogP contribution in [0.2, 0.25) is 0 Å². The molecular weight excluding hydrogens is 472 g/mol. The largest absolute Gasteiger partial charge is 0.497 e. The van der Waals surface area contributed by atoms with Crippen molar-refractivity contribution in [3.05, 3.63) is 65.5 Å². The van der Waals surface area contributed by atoms with Crippen LogP contribution in [0.3, 0.4) is 0 Å². The van der Waals surface area contributed by atoms with E-state index in [1.165, 1.54) is 4.68 Å². The Balaban J connectivity index is 1.50. The lowest BCUT2D eigenvalue weighted by molar-refractivity contribution is -0.119. The molecule has 0 aliphatic carbocycles. The number of nitrogens with zero attached hydrogens (tertiary/aromatic N) is 4. The van der Waals surface area contributed by atoms with E-state index in [1.54, 1.807) is 55.0 Å². The summed E-state index contributed by atoms with van der Waals surface area (Å²) in [5.74, 6) is -0.00313. The number of benzene rings is 2. The first-order chi connectivity index (χ1) is 17.9. The first kappa shape index (κ1) is 24.5. The van der Waals surface area contributed by atoms with E-state index in [1.807, 2.05) is 24.3 Å². The third-order valence-corrected chi connectivity index (χ3v) is 6.67. The number of esters is 1. The average molecular weight is 503 g/mol. The molecule has 3 heterocycles. The zero-order valence-electron chi connectivity index (χ0n) is 21.3. The molecule has 0 N–H and O–H groups in total.